The van der Waals surface area contributed by atoms with Crippen LogP contribution in [0.2, 0.25) is 0 Å². The van der Waals surface area contributed by atoms with Crippen LogP contribution in [0, 0.1) is 0 Å². The third-order valence-electron chi connectivity index (χ3n) is 4.11. The molecule has 0 atom stereocenters. The molecular formula is C20H24N4O4S2. The van der Waals surface area contributed by atoms with E-state index < -0.39 is 10.0 Å². The second-order valence-corrected chi connectivity index (χ2v) is 9.11. The van der Waals surface area contributed by atoms with Crippen LogP contribution in [0.5, 0.6) is 5.75 Å². The fraction of sp³-hybridized carbons (Fsp3) is 0.300. The van der Waals surface area contributed by atoms with Gasteiger partial charge in [0.15, 0.2) is 5.13 Å². The highest BCUT2D eigenvalue weighted by molar-refractivity contribution is 7.89. The van der Waals surface area contributed by atoms with Gasteiger partial charge in [-0.3, -0.25) is 4.79 Å². The van der Waals surface area contributed by atoms with Crippen LogP contribution in [-0.4, -0.2) is 45.6 Å². The zero-order chi connectivity index (χ0) is 21.4. The summed E-state index contributed by atoms with van der Waals surface area (Å²) in [4.78, 5) is 16.5. The quantitative estimate of drug-likeness (QED) is 0.389. The van der Waals surface area contributed by atoms with Gasteiger partial charge in [-0.15, -0.1) is 0 Å². The predicted molar refractivity (Wildman–Crippen MR) is 119 cm³/mol. The zero-order valence-corrected chi connectivity index (χ0v) is 18.2. The molecular weight excluding hydrogens is 424 g/mol. The number of fused-ring (bicyclic) bond motifs is 1. The number of thiazole rings is 1. The van der Waals surface area contributed by atoms with Crippen molar-refractivity contribution >= 4 is 42.6 Å². The minimum atomic E-state index is -3.67. The van der Waals surface area contributed by atoms with Crippen LogP contribution in [-0.2, 0) is 14.8 Å². The summed E-state index contributed by atoms with van der Waals surface area (Å²) in [5.74, 6) is 0.380. The van der Waals surface area contributed by atoms with Gasteiger partial charge in [0.1, 0.15) is 5.75 Å². The lowest BCUT2D eigenvalue weighted by Crippen LogP contribution is -2.33. The normalized spacial score (nSPS) is 11.4. The number of carbonyl (C=O) groups excluding carboxylic acids is 1. The number of rotatable bonds is 11. The van der Waals surface area contributed by atoms with Crippen molar-refractivity contribution in [3.05, 3.63) is 48.5 Å². The van der Waals surface area contributed by atoms with E-state index in [0.717, 1.165) is 15.3 Å². The van der Waals surface area contributed by atoms with Crippen LogP contribution in [0.1, 0.15) is 13.3 Å². The number of amides is 1. The maximum absolute atomic E-state index is 12.3. The topological polar surface area (TPSA) is 109 Å². The number of carbonyl (C=O) groups is 1. The maximum atomic E-state index is 12.3. The van der Waals surface area contributed by atoms with Crippen molar-refractivity contribution < 1.29 is 17.9 Å². The highest BCUT2D eigenvalue weighted by Gasteiger charge is 2.14. The number of nitrogens with one attached hydrogen (secondary N) is 3. The third-order valence-corrected chi connectivity index (χ3v) is 6.58. The van der Waals surface area contributed by atoms with E-state index in [1.807, 2.05) is 31.2 Å². The third kappa shape index (κ3) is 6.15. The van der Waals surface area contributed by atoms with Crippen molar-refractivity contribution in [1.82, 2.24) is 15.0 Å². The van der Waals surface area contributed by atoms with E-state index in [-0.39, 0.29) is 23.8 Å². The number of benzene rings is 2. The molecule has 0 saturated carbocycles. The Labute approximate surface area is 179 Å². The molecule has 0 unspecified atom stereocenters. The number of hydrogen-bond donors (Lipinski definition) is 3. The number of para-hydroxylation sites is 1. The zero-order valence-electron chi connectivity index (χ0n) is 16.6. The Bertz CT molecular complexity index is 1050. The number of ether oxygens (including phenoxy) is 1. The van der Waals surface area contributed by atoms with Gasteiger partial charge >= 0.3 is 0 Å². The fourth-order valence-corrected chi connectivity index (χ4v) is 4.59. The van der Waals surface area contributed by atoms with E-state index >= 15 is 0 Å². The van der Waals surface area contributed by atoms with Crippen LogP contribution in [0.15, 0.2) is 53.4 Å². The molecule has 0 aliphatic rings. The molecule has 0 aliphatic heterocycles. The summed E-state index contributed by atoms with van der Waals surface area (Å²) in [5, 5.41) is 6.73. The minimum Gasteiger partial charge on any atom is -0.494 e. The first-order chi connectivity index (χ1) is 14.5. The molecule has 0 spiro atoms. The summed E-state index contributed by atoms with van der Waals surface area (Å²) in [6.07, 6.45) is 0.0530. The first kappa shape index (κ1) is 22.0. The van der Waals surface area contributed by atoms with Crippen molar-refractivity contribution in [2.45, 2.75) is 18.2 Å². The van der Waals surface area contributed by atoms with E-state index in [0.29, 0.717) is 25.4 Å². The summed E-state index contributed by atoms with van der Waals surface area (Å²) in [7, 11) is -3.67. The molecule has 0 radical (unpaired) electrons. The van der Waals surface area contributed by atoms with Crippen molar-refractivity contribution in [3.63, 3.8) is 0 Å². The summed E-state index contributed by atoms with van der Waals surface area (Å²) in [5.41, 5.74) is 0.939. The number of nitrogens with zero attached hydrogens (tertiary/aromatic N) is 1. The van der Waals surface area contributed by atoms with Gasteiger partial charge in [0.05, 0.1) is 21.7 Å². The molecule has 10 heteroatoms. The molecule has 3 N–H and O–H groups in total. The number of hydrogen-bond acceptors (Lipinski definition) is 7. The molecule has 0 fully saturated rings. The number of anilines is 1. The molecule has 0 bridgehead atoms. The monoisotopic (exact) mass is 448 g/mol. The molecule has 1 heterocycles. The van der Waals surface area contributed by atoms with Crippen molar-refractivity contribution in [2.75, 3.05) is 31.6 Å². The largest absolute Gasteiger partial charge is 0.494 e. The molecule has 3 rings (SSSR count). The SMILES string of the molecule is CCOc1ccc(S(=O)(=O)NCCC(=O)NCCNc2nc3ccccc3s2)cc1. The van der Waals surface area contributed by atoms with Gasteiger partial charge < -0.3 is 15.4 Å². The Kier molecular flexibility index (Phi) is 7.61. The van der Waals surface area contributed by atoms with E-state index in [9.17, 15) is 13.2 Å². The van der Waals surface area contributed by atoms with Gasteiger partial charge in [-0.05, 0) is 43.3 Å². The molecule has 1 amide bonds. The molecule has 2 aromatic carbocycles. The van der Waals surface area contributed by atoms with Crippen LogP contribution < -0.4 is 20.1 Å². The van der Waals surface area contributed by atoms with Crippen molar-refractivity contribution in [1.29, 1.82) is 0 Å². The number of aromatic nitrogens is 1. The smallest absolute Gasteiger partial charge is 0.240 e. The number of sulfonamides is 1. The predicted octanol–water partition coefficient (Wildman–Crippen LogP) is 2.59. The molecule has 160 valence electrons. The first-order valence-electron chi connectivity index (χ1n) is 9.56. The second-order valence-electron chi connectivity index (χ2n) is 6.32. The maximum Gasteiger partial charge on any atom is 0.240 e. The Hall–Kier alpha value is -2.69. The van der Waals surface area contributed by atoms with Crippen LogP contribution in [0.4, 0.5) is 5.13 Å². The molecule has 8 nitrogen and oxygen atoms in total. The van der Waals surface area contributed by atoms with Gasteiger partial charge in [0.2, 0.25) is 15.9 Å². The Morgan fingerprint density at radius 2 is 1.83 bits per heavy atom. The second kappa shape index (κ2) is 10.4. The molecule has 0 aliphatic carbocycles. The van der Waals surface area contributed by atoms with E-state index in [1.165, 1.54) is 12.1 Å². The van der Waals surface area contributed by atoms with Gasteiger partial charge in [-0.1, -0.05) is 23.5 Å². The average molecular weight is 449 g/mol. The Morgan fingerprint density at radius 1 is 1.07 bits per heavy atom. The van der Waals surface area contributed by atoms with Crippen LogP contribution >= 0.6 is 11.3 Å². The standard InChI is InChI=1S/C20H24N4O4S2/c1-2-28-15-7-9-16(10-8-15)30(26,27)23-12-11-19(25)21-13-14-22-20-24-17-5-3-4-6-18(17)29-20/h3-10,23H,2,11-14H2,1H3,(H,21,25)(H,22,24). The molecule has 3 aromatic rings. The highest BCUT2D eigenvalue weighted by atomic mass is 32.2. The van der Waals surface area contributed by atoms with E-state index in [2.05, 4.69) is 20.3 Å². The minimum absolute atomic E-state index is 0.0205. The lowest BCUT2D eigenvalue weighted by Gasteiger charge is -2.09. The van der Waals surface area contributed by atoms with Crippen LogP contribution in [0.3, 0.4) is 0 Å². The van der Waals surface area contributed by atoms with Gasteiger partial charge in [0.25, 0.3) is 0 Å². The van der Waals surface area contributed by atoms with Gasteiger partial charge in [0, 0.05) is 26.1 Å². The first-order valence-corrected chi connectivity index (χ1v) is 11.9. The highest BCUT2D eigenvalue weighted by Crippen LogP contribution is 2.24. The summed E-state index contributed by atoms with van der Waals surface area (Å²) >= 11 is 1.55. The van der Waals surface area contributed by atoms with Crippen molar-refractivity contribution in [2.24, 2.45) is 0 Å². The molecule has 30 heavy (non-hydrogen) atoms. The summed E-state index contributed by atoms with van der Waals surface area (Å²) in [6.45, 7) is 3.33. The van der Waals surface area contributed by atoms with Gasteiger partial charge in [-0.2, -0.15) is 0 Å². The van der Waals surface area contributed by atoms with E-state index in [4.69, 9.17) is 4.74 Å². The lowest BCUT2D eigenvalue weighted by atomic mass is 10.3. The molecule has 1 aromatic heterocycles. The lowest BCUT2D eigenvalue weighted by molar-refractivity contribution is -0.120. The Balaban J connectivity index is 1.35. The average Bonchev–Trinajstić information content (AvgIpc) is 3.15. The summed E-state index contributed by atoms with van der Waals surface area (Å²) < 4.78 is 33.4. The summed E-state index contributed by atoms with van der Waals surface area (Å²) in [6, 6.07) is 14.0. The van der Waals surface area contributed by atoms with Crippen LogP contribution in [0.25, 0.3) is 10.2 Å². The molecule has 0 saturated heterocycles. The van der Waals surface area contributed by atoms with E-state index in [1.54, 1.807) is 23.5 Å². The van der Waals surface area contributed by atoms with Gasteiger partial charge in [-0.25, -0.2) is 18.1 Å². The fourth-order valence-electron chi connectivity index (χ4n) is 2.67. The Morgan fingerprint density at radius 3 is 2.57 bits per heavy atom. The van der Waals surface area contributed by atoms with Crippen molar-refractivity contribution in [3.8, 4) is 5.75 Å².